The van der Waals surface area contributed by atoms with Crippen LogP contribution in [-0.2, 0) is 4.74 Å². The molecule has 1 N–H and O–H groups in total. The van der Waals surface area contributed by atoms with E-state index < -0.39 is 0 Å². The SMILES string of the molecule is CC(=O)c1ccc(N2CCOCC2CO)cc1. The van der Waals surface area contributed by atoms with Crippen molar-refractivity contribution < 1.29 is 14.6 Å². The summed E-state index contributed by atoms with van der Waals surface area (Å²) in [5.41, 5.74) is 1.74. The van der Waals surface area contributed by atoms with Crippen LogP contribution in [0.2, 0.25) is 0 Å². The van der Waals surface area contributed by atoms with Crippen molar-refractivity contribution in [3.63, 3.8) is 0 Å². The third kappa shape index (κ3) is 2.65. The fourth-order valence-corrected chi connectivity index (χ4v) is 2.03. The molecule has 0 aliphatic carbocycles. The third-order valence-corrected chi connectivity index (χ3v) is 3.04. The summed E-state index contributed by atoms with van der Waals surface area (Å²) in [6.07, 6.45) is 0. The molecule has 1 unspecified atom stereocenters. The molecular weight excluding hydrogens is 218 g/mol. The van der Waals surface area contributed by atoms with Crippen molar-refractivity contribution in [2.75, 3.05) is 31.3 Å². The lowest BCUT2D eigenvalue weighted by Gasteiger charge is -2.36. The van der Waals surface area contributed by atoms with E-state index in [-0.39, 0.29) is 18.4 Å². The molecule has 1 heterocycles. The fourth-order valence-electron chi connectivity index (χ4n) is 2.03. The van der Waals surface area contributed by atoms with E-state index in [0.717, 1.165) is 12.2 Å². The van der Waals surface area contributed by atoms with Gasteiger partial charge in [0.05, 0.1) is 25.9 Å². The summed E-state index contributed by atoms with van der Waals surface area (Å²) in [5, 5.41) is 9.29. The minimum atomic E-state index is 0.00641. The molecule has 0 spiro atoms. The largest absolute Gasteiger partial charge is 0.394 e. The monoisotopic (exact) mass is 235 g/mol. The van der Waals surface area contributed by atoms with Crippen LogP contribution >= 0.6 is 0 Å². The predicted octanol–water partition coefficient (Wildman–Crippen LogP) is 1.09. The number of aliphatic hydroxyl groups is 1. The van der Waals surface area contributed by atoms with Gasteiger partial charge < -0.3 is 14.7 Å². The zero-order chi connectivity index (χ0) is 12.3. The Hall–Kier alpha value is -1.39. The number of ether oxygens (including phenoxy) is 1. The number of nitrogens with zero attached hydrogens (tertiary/aromatic N) is 1. The van der Waals surface area contributed by atoms with Gasteiger partial charge in [0, 0.05) is 17.8 Å². The van der Waals surface area contributed by atoms with Crippen molar-refractivity contribution in [2.45, 2.75) is 13.0 Å². The Balaban J connectivity index is 2.17. The summed E-state index contributed by atoms with van der Waals surface area (Å²) in [6, 6.07) is 7.49. The number of carbonyl (C=O) groups excluding carboxylic acids is 1. The molecule has 0 saturated carbocycles. The van der Waals surface area contributed by atoms with E-state index in [9.17, 15) is 9.90 Å². The molecule has 1 aliphatic rings. The van der Waals surface area contributed by atoms with Crippen LogP contribution < -0.4 is 4.90 Å². The Morgan fingerprint density at radius 2 is 2.18 bits per heavy atom. The summed E-state index contributed by atoms with van der Waals surface area (Å²) < 4.78 is 5.33. The maximum absolute atomic E-state index is 11.2. The first-order valence-electron chi connectivity index (χ1n) is 5.78. The molecule has 1 aromatic rings. The predicted molar refractivity (Wildman–Crippen MR) is 65.5 cm³/mol. The Morgan fingerprint density at radius 1 is 1.47 bits per heavy atom. The molecule has 1 fully saturated rings. The Morgan fingerprint density at radius 3 is 2.76 bits per heavy atom. The average molecular weight is 235 g/mol. The van der Waals surface area contributed by atoms with Crippen molar-refractivity contribution in [3.8, 4) is 0 Å². The fraction of sp³-hybridized carbons (Fsp3) is 0.462. The first-order chi connectivity index (χ1) is 8.22. The Kier molecular flexibility index (Phi) is 3.76. The van der Waals surface area contributed by atoms with Crippen molar-refractivity contribution in [2.24, 2.45) is 0 Å². The smallest absolute Gasteiger partial charge is 0.159 e. The molecule has 4 heteroatoms. The van der Waals surface area contributed by atoms with Gasteiger partial charge >= 0.3 is 0 Å². The maximum atomic E-state index is 11.2. The second-order valence-corrected chi connectivity index (χ2v) is 4.21. The topological polar surface area (TPSA) is 49.8 Å². The number of benzene rings is 1. The van der Waals surface area contributed by atoms with Crippen LogP contribution in [0.1, 0.15) is 17.3 Å². The second-order valence-electron chi connectivity index (χ2n) is 4.21. The number of hydrogen-bond acceptors (Lipinski definition) is 4. The summed E-state index contributed by atoms with van der Waals surface area (Å²) in [5.74, 6) is 0.0669. The highest BCUT2D eigenvalue weighted by Crippen LogP contribution is 2.20. The average Bonchev–Trinajstić information content (AvgIpc) is 2.39. The molecule has 1 aliphatic heterocycles. The number of Topliss-reactive ketones (excluding diaryl/α,β-unsaturated/α-hetero) is 1. The molecule has 1 aromatic carbocycles. The van der Waals surface area contributed by atoms with E-state index in [1.807, 2.05) is 24.3 Å². The Bertz CT molecular complexity index is 388. The van der Waals surface area contributed by atoms with Crippen molar-refractivity contribution in [1.82, 2.24) is 0 Å². The molecule has 92 valence electrons. The van der Waals surface area contributed by atoms with Crippen LogP contribution in [0.15, 0.2) is 24.3 Å². The molecule has 0 radical (unpaired) electrons. The molecule has 0 bridgehead atoms. The summed E-state index contributed by atoms with van der Waals surface area (Å²) in [4.78, 5) is 13.3. The van der Waals surface area contributed by atoms with E-state index in [1.165, 1.54) is 0 Å². The number of anilines is 1. The van der Waals surface area contributed by atoms with Gasteiger partial charge in [-0.1, -0.05) is 0 Å². The van der Waals surface area contributed by atoms with Crippen LogP contribution in [0.25, 0.3) is 0 Å². The van der Waals surface area contributed by atoms with Gasteiger partial charge in [-0.3, -0.25) is 4.79 Å². The standard InChI is InChI=1S/C13H17NO3/c1-10(16)11-2-4-12(5-3-11)14-6-7-17-9-13(14)8-15/h2-5,13,15H,6-9H2,1H3. The van der Waals surface area contributed by atoms with Gasteiger partial charge in [-0.15, -0.1) is 0 Å². The molecule has 4 nitrogen and oxygen atoms in total. The number of carbonyl (C=O) groups is 1. The highest BCUT2D eigenvalue weighted by atomic mass is 16.5. The number of ketones is 1. The lowest BCUT2D eigenvalue weighted by atomic mass is 10.1. The molecule has 2 rings (SSSR count). The van der Waals surface area contributed by atoms with Gasteiger partial charge in [0.15, 0.2) is 5.78 Å². The van der Waals surface area contributed by atoms with Gasteiger partial charge in [-0.05, 0) is 31.2 Å². The van der Waals surface area contributed by atoms with Gasteiger partial charge in [0.1, 0.15) is 0 Å². The summed E-state index contributed by atoms with van der Waals surface area (Å²) >= 11 is 0. The normalized spacial score (nSPS) is 20.4. The number of aliphatic hydroxyl groups excluding tert-OH is 1. The summed E-state index contributed by atoms with van der Waals surface area (Å²) in [6.45, 7) is 3.62. The molecular formula is C13H17NO3. The van der Waals surface area contributed by atoms with Crippen LogP contribution in [0.3, 0.4) is 0 Å². The van der Waals surface area contributed by atoms with Crippen LogP contribution in [0.4, 0.5) is 5.69 Å². The first kappa shape index (κ1) is 12.1. The second kappa shape index (κ2) is 5.29. The van der Waals surface area contributed by atoms with Gasteiger partial charge in [-0.25, -0.2) is 0 Å². The van der Waals surface area contributed by atoms with E-state index >= 15 is 0 Å². The molecule has 0 aromatic heterocycles. The first-order valence-corrected chi connectivity index (χ1v) is 5.78. The lowest BCUT2D eigenvalue weighted by molar-refractivity contribution is 0.0727. The van der Waals surface area contributed by atoms with Crippen molar-refractivity contribution in [1.29, 1.82) is 0 Å². The number of rotatable bonds is 3. The number of morpholine rings is 1. The minimum absolute atomic E-state index is 0.00641. The summed E-state index contributed by atoms with van der Waals surface area (Å²) in [7, 11) is 0. The van der Waals surface area contributed by atoms with Gasteiger partial charge in [0.25, 0.3) is 0 Å². The van der Waals surface area contributed by atoms with E-state index in [0.29, 0.717) is 18.8 Å². The zero-order valence-corrected chi connectivity index (χ0v) is 9.93. The Labute approximate surface area is 101 Å². The van der Waals surface area contributed by atoms with Crippen LogP contribution in [0.5, 0.6) is 0 Å². The van der Waals surface area contributed by atoms with Crippen molar-refractivity contribution >= 4 is 11.5 Å². The maximum Gasteiger partial charge on any atom is 0.159 e. The quantitative estimate of drug-likeness (QED) is 0.797. The van der Waals surface area contributed by atoms with Gasteiger partial charge in [0.2, 0.25) is 0 Å². The number of hydrogen-bond donors (Lipinski definition) is 1. The van der Waals surface area contributed by atoms with E-state index in [2.05, 4.69) is 4.90 Å². The third-order valence-electron chi connectivity index (χ3n) is 3.04. The van der Waals surface area contributed by atoms with Crippen LogP contribution in [0, 0.1) is 0 Å². The molecule has 1 saturated heterocycles. The molecule has 17 heavy (non-hydrogen) atoms. The molecule has 0 amide bonds. The van der Waals surface area contributed by atoms with Crippen LogP contribution in [-0.4, -0.2) is 43.3 Å². The zero-order valence-electron chi connectivity index (χ0n) is 9.93. The minimum Gasteiger partial charge on any atom is -0.394 e. The van der Waals surface area contributed by atoms with E-state index in [1.54, 1.807) is 6.92 Å². The van der Waals surface area contributed by atoms with E-state index in [4.69, 9.17) is 4.74 Å². The van der Waals surface area contributed by atoms with Gasteiger partial charge in [-0.2, -0.15) is 0 Å². The highest BCUT2D eigenvalue weighted by Gasteiger charge is 2.22. The highest BCUT2D eigenvalue weighted by molar-refractivity contribution is 5.94. The lowest BCUT2D eigenvalue weighted by Crippen LogP contribution is -2.47. The molecule has 1 atom stereocenters. The van der Waals surface area contributed by atoms with Crippen molar-refractivity contribution in [3.05, 3.63) is 29.8 Å².